The van der Waals surface area contributed by atoms with Crippen LogP contribution in [0.3, 0.4) is 0 Å². The third-order valence-corrected chi connectivity index (χ3v) is 5.23. The van der Waals surface area contributed by atoms with Gasteiger partial charge in [0, 0.05) is 13.1 Å². The molecule has 3 rings (SSSR count). The molecule has 0 bridgehead atoms. The van der Waals surface area contributed by atoms with E-state index >= 15 is 0 Å². The van der Waals surface area contributed by atoms with Gasteiger partial charge in [-0.1, -0.05) is 48.0 Å². The van der Waals surface area contributed by atoms with Gasteiger partial charge in [-0.05, 0) is 49.6 Å². The first-order chi connectivity index (χ1) is 13.4. The monoisotopic (exact) mass is 402 g/mol. The second kappa shape index (κ2) is 9.41. The number of rotatable bonds is 7. The molecule has 2 aromatic rings. The van der Waals surface area contributed by atoms with Gasteiger partial charge in [0.1, 0.15) is 18.0 Å². The summed E-state index contributed by atoms with van der Waals surface area (Å²) in [5.41, 5.74) is 1.12. The number of amides is 1. The maximum atomic E-state index is 12.3. The number of aryl methyl sites for hydroxylation is 1. The van der Waals surface area contributed by atoms with Crippen molar-refractivity contribution in [2.24, 2.45) is 0 Å². The average molecular weight is 403 g/mol. The Kier molecular flexibility index (Phi) is 6.94. The first-order valence-corrected chi connectivity index (χ1v) is 9.96. The van der Waals surface area contributed by atoms with Crippen LogP contribution in [-0.2, 0) is 11.3 Å². The summed E-state index contributed by atoms with van der Waals surface area (Å²) in [5, 5.41) is 14.4. The Morgan fingerprint density at radius 2 is 2.07 bits per heavy atom. The minimum absolute atomic E-state index is 0.0456. The van der Waals surface area contributed by atoms with Gasteiger partial charge >= 0.3 is 0 Å². The van der Waals surface area contributed by atoms with Crippen molar-refractivity contribution in [1.82, 2.24) is 10.2 Å². The van der Waals surface area contributed by atoms with E-state index in [4.69, 9.17) is 16.3 Å². The second-order valence-corrected chi connectivity index (χ2v) is 7.93. The lowest BCUT2D eigenvalue weighted by molar-refractivity contribution is -0.124. The molecule has 1 amide bonds. The van der Waals surface area contributed by atoms with E-state index in [-0.39, 0.29) is 19.1 Å². The molecular formula is C22H27ClN2O3. The van der Waals surface area contributed by atoms with E-state index in [1.165, 1.54) is 0 Å². The Balaban J connectivity index is 1.49. The van der Waals surface area contributed by atoms with Gasteiger partial charge in [0.05, 0.1) is 11.6 Å². The molecular weight excluding hydrogens is 376 g/mol. The first-order valence-electron chi connectivity index (χ1n) is 9.58. The van der Waals surface area contributed by atoms with Crippen molar-refractivity contribution in [3.8, 4) is 5.75 Å². The van der Waals surface area contributed by atoms with Gasteiger partial charge in [0.15, 0.2) is 0 Å². The van der Waals surface area contributed by atoms with Gasteiger partial charge in [0.2, 0.25) is 5.91 Å². The third-order valence-electron chi connectivity index (χ3n) is 4.92. The fourth-order valence-electron chi connectivity index (χ4n) is 3.45. The van der Waals surface area contributed by atoms with Crippen molar-refractivity contribution in [3.63, 3.8) is 0 Å². The SMILES string of the molecule is Cc1ccc(Cl)c(OCC2(O)CCCN(CC(=O)NCc3ccccc3)C2)c1. The normalized spacial score (nSPS) is 20.0. The van der Waals surface area contributed by atoms with Crippen LogP contribution in [0.25, 0.3) is 0 Å². The fourth-order valence-corrected chi connectivity index (χ4v) is 3.62. The minimum Gasteiger partial charge on any atom is -0.489 e. The van der Waals surface area contributed by atoms with Crippen molar-refractivity contribution in [1.29, 1.82) is 0 Å². The molecule has 0 saturated carbocycles. The van der Waals surface area contributed by atoms with Crippen molar-refractivity contribution >= 4 is 17.5 Å². The maximum Gasteiger partial charge on any atom is 0.234 e. The Labute approximate surface area is 171 Å². The van der Waals surface area contributed by atoms with E-state index in [1.807, 2.05) is 54.3 Å². The Bertz CT molecular complexity index is 800. The summed E-state index contributed by atoms with van der Waals surface area (Å²) in [6, 6.07) is 15.4. The molecule has 0 spiro atoms. The average Bonchev–Trinajstić information content (AvgIpc) is 2.68. The quantitative estimate of drug-likeness (QED) is 0.746. The van der Waals surface area contributed by atoms with Crippen LogP contribution < -0.4 is 10.1 Å². The van der Waals surface area contributed by atoms with Gasteiger partial charge in [-0.3, -0.25) is 9.69 Å². The van der Waals surface area contributed by atoms with Crippen LogP contribution in [0.1, 0.15) is 24.0 Å². The number of ether oxygens (including phenoxy) is 1. The molecule has 1 aliphatic rings. The molecule has 5 nitrogen and oxygen atoms in total. The van der Waals surface area contributed by atoms with Crippen LogP contribution in [0.5, 0.6) is 5.75 Å². The molecule has 2 N–H and O–H groups in total. The molecule has 1 unspecified atom stereocenters. The number of carbonyl (C=O) groups excluding carboxylic acids is 1. The number of hydrogen-bond donors (Lipinski definition) is 2. The zero-order valence-electron chi connectivity index (χ0n) is 16.2. The lowest BCUT2D eigenvalue weighted by atomic mass is 9.93. The standard InChI is InChI=1S/C22H27ClN2O3/c1-17-8-9-19(23)20(12-17)28-16-22(27)10-5-11-25(15-22)14-21(26)24-13-18-6-3-2-4-7-18/h2-4,6-9,12,27H,5,10-11,13-16H2,1H3,(H,24,26). The number of β-amino-alcohol motifs (C(OH)–C–C–N with tert-alkyl or cyclic N) is 1. The van der Waals surface area contributed by atoms with Gasteiger partial charge < -0.3 is 15.2 Å². The van der Waals surface area contributed by atoms with Crippen LogP contribution in [0, 0.1) is 6.92 Å². The molecule has 0 aromatic heterocycles. The Morgan fingerprint density at radius 1 is 1.29 bits per heavy atom. The van der Waals surface area contributed by atoms with Crippen LogP contribution >= 0.6 is 11.6 Å². The van der Waals surface area contributed by atoms with E-state index in [1.54, 1.807) is 6.07 Å². The Hall–Kier alpha value is -2.08. The summed E-state index contributed by atoms with van der Waals surface area (Å²) in [4.78, 5) is 14.3. The first kappa shape index (κ1) is 20.6. The number of hydrogen-bond acceptors (Lipinski definition) is 4. The van der Waals surface area contributed by atoms with Crippen LogP contribution in [0.4, 0.5) is 0 Å². The molecule has 1 fully saturated rings. The number of aliphatic hydroxyl groups is 1. The predicted octanol–water partition coefficient (Wildman–Crippen LogP) is 3.17. The number of carbonyl (C=O) groups is 1. The minimum atomic E-state index is -0.995. The number of benzene rings is 2. The highest BCUT2D eigenvalue weighted by Crippen LogP contribution is 2.28. The molecule has 150 valence electrons. The molecule has 1 atom stereocenters. The predicted molar refractivity (Wildman–Crippen MR) is 111 cm³/mol. The molecule has 1 aliphatic heterocycles. The second-order valence-electron chi connectivity index (χ2n) is 7.52. The molecule has 2 aromatic carbocycles. The lowest BCUT2D eigenvalue weighted by Gasteiger charge is -2.38. The summed E-state index contributed by atoms with van der Waals surface area (Å²) in [5.74, 6) is 0.531. The van der Waals surface area contributed by atoms with Crippen LogP contribution in [0.15, 0.2) is 48.5 Å². The zero-order chi connectivity index (χ0) is 20.0. The van der Waals surface area contributed by atoms with E-state index in [9.17, 15) is 9.90 Å². The molecule has 6 heteroatoms. The van der Waals surface area contributed by atoms with Crippen molar-refractivity contribution in [2.45, 2.75) is 31.9 Å². The molecule has 0 aliphatic carbocycles. The van der Waals surface area contributed by atoms with E-state index < -0.39 is 5.60 Å². The van der Waals surface area contributed by atoms with E-state index in [0.29, 0.717) is 30.3 Å². The highest BCUT2D eigenvalue weighted by Gasteiger charge is 2.35. The van der Waals surface area contributed by atoms with E-state index in [2.05, 4.69) is 5.32 Å². The highest BCUT2D eigenvalue weighted by atomic mass is 35.5. The van der Waals surface area contributed by atoms with E-state index in [0.717, 1.165) is 24.1 Å². The Morgan fingerprint density at radius 3 is 2.86 bits per heavy atom. The maximum absolute atomic E-state index is 12.3. The molecule has 1 heterocycles. The largest absolute Gasteiger partial charge is 0.489 e. The number of nitrogens with one attached hydrogen (secondary N) is 1. The number of piperidine rings is 1. The van der Waals surface area contributed by atoms with Gasteiger partial charge in [0.25, 0.3) is 0 Å². The van der Waals surface area contributed by atoms with Crippen molar-refractivity contribution in [3.05, 3.63) is 64.7 Å². The number of halogens is 1. The molecule has 0 radical (unpaired) electrons. The summed E-state index contributed by atoms with van der Waals surface area (Å²) in [7, 11) is 0. The summed E-state index contributed by atoms with van der Waals surface area (Å²) in [6.45, 7) is 4.07. The smallest absolute Gasteiger partial charge is 0.234 e. The lowest BCUT2D eigenvalue weighted by Crippen LogP contribution is -2.53. The topological polar surface area (TPSA) is 61.8 Å². The van der Waals surface area contributed by atoms with Crippen LogP contribution in [0.2, 0.25) is 5.02 Å². The third kappa shape index (κ3) is 5.96. The summed E-state index contributed by atoms with van der Waals surface area (Å²) in [6.07, 6.45) is 1.45. The van der Waals surface area contributed by atoms with Crippen molar-refractivity contribution in [2.75, 3.05) is 26.2 Å². The van der Waals surface area contributed by atoms with Crippen molar-refractivity contribution < 1.29 is 14.6 Å². The highest BCUT2D eigenvalue weighted by molar-refractivity contribution is 6.32. The van der Waals surface area contributed by atoms with Crippen LogP contribution in [-0.4, -0.2) is 47.8 Å². The zero-order valence-corrected chi connectivity index (χ0v) is 16.9. The molecule has 1 saturated heterocycles. The van der Waals surface area contributed by atoms with Gasteiger partial charge in [-0.15, -0.1) is 0 Å². The summed E-state index contributed by atoms with van der Waals surface area (Å²) >= 11 is 6.17. The molecule has 28 heavy (non-hydrogen) atoms. The number of likely N-dealkylation sites (tertiary alicyclic amines) is 1. The van der Waals surface area contributed by atoms with Gasteiger partial charge in [-0.25, -0.2) is 0 Å². The van der Waals surface area contributed by atoms with Gasteiger partial charge in [-0.2, -0.15) is 0 Å². The fraction of sp³-hybridized carbons (Fsp3) is 0.409. The summed E-state index contributed by atoms with van der Waals surface area (Å²) < 4.78 is 5.81. The number of nitrogens with zero attached hydrogens (tertiary/aromatic N) is 1.